The Morgan fingerprint density at radius 3 is 2.77 bits per heavy atom. The maximum Gasteiger partial charge on any atom is 0.119 e. The molecule has 22 heavy (non-hydrogen) atoms. The minimum atomic E-state index is 0.894. The summed E-state index contributed by atoms with van der Waals surface area (Å²) in [7, 11) is 4.12. The van der Waals surface area contributed by atoms with Gasteiger partial charge in [-0.15, -0.1) is 0 Å². The standard InChI is InChI=1S/C18H20N4/c1-14-8-6-10-16(19-14)18-15(9-7-12-21(2)3)17-11-4-5-13-22(17)20-18/h4-11,13H,12H2,1-3H3/b9-7+. The predicted octanol–water partition coefficient (Wildman–Crippen LogP) is 3.28. The Morgan fingerprint density at radius 2 is 2.00 bits per heavy atom. The zero-order valence-electron chi connectivity index (χ0n) is 13.2. The summed E-state index contributed by atoms with van der Waals surface area (Å²) < 4.78 is 1.91. The average molecular weight is 292 g/mol. The molecular formula is C18H20N4. The van der Waals surface area contributed by atoms with Gasteiger partial charge in [-0.3, -0.25) is 4.98 Å². The third-order valence-electron chi connectivity index (χ3n) is 3.46. The molecule has 0 atom stereocenters. The van der Waals surface area contributed by atoms with Gasteiger partial charge >= 0.3 is 0 Å². The Labute approximate surface area is 130 Å². The van der Waals surface area contributed by atoms with Crippen LogP contribution in [-0.2, 0) is 0 Å². The normalized spacial score (nSPS) is 11.8. The van der Waals surface area contributed by atoms with Gasteiger partial charge in [0, 0.05) is 24.0 Å². The molecule has 0 saturated carbocycles. The van der Waals surface area contributed by atoms with E-state index in [1.807, 2.05) is 48.0 Å². The molecule has 0 saturated heterocycles. The Bertz CT molecular complexity index is 815. The first-order chi connectivity index (χ1) is 10.6. The minimum absolute atomic E-state index is 0.894. The number of fused-ring (bicyclic) bond motifs is 1. The molecule has 0 aromatic carbocycles. The van der Waals surface area contributed by atoms with E-state index in [2.05, 4.69) is 42.2 Å². The van der Waals surface area contributed by atoms with Crippen molar-refractivity contribution >= 4 is 11.6 Å². The fourth-order valence-electron chi connectivity index (χ4n) is 2.43. The number of hydrogen-bond acceptors (Lipinski definition) is 3. The third kappa shape index (κ3) is 2.92. The van der Waals surface area contributed by atoms with Gasteiger partial charge in [0.25, 0.3) is 0 Å². The molecule has 0 amide bonds. The largest absolute Gasteiger partial charge is 0.306 e. The molecule has 3 rings (SSSR count). The van der Waals surface area contributed by atoms with Crippen molar-refractivity contribution in [3.05, 3.63) is 59.9 Å². The van der Waals surface area contributed by atoms with Crippen molar-refractivity contribution in [1.82, 2.24) is 19.5 Å². The van der Waals surface area contributed by atoms with Crippen LogP contribution in [0.5, 0.6) is 0 Å². The van der Waals surface area contributed by atoms with Crippen molar-refractivity contribution in [2.24, 2.45) is 0 Å². The van der Waals surface area contributed by atoms with E-state index in [1.54, 1.807) is 0 Å². The number of nitrogens with zero attached hydrogens (tertiary/aromatic N) is 4. The summed E-state index contributed by atoms with van der Waals surface area (Å²) in [6.45, 7) is 2.89. The molecule has 0 bridgehead atoms. The van der Waals surface area contributed by atoms with E-state index in [4.69, 9.17) is 5.10 Å². The number of likely N-dealkylation sites (N-methyl/N-ethyl adjacent to an activating group) is 1. The summed E-state index contributed by atoms with van der Waals surface area (Å²) in [6.07, 6.45) is 6.27. The first-order valence-corrected chi connectivity index (χ1v) is 7.38. The van der Waals surface area contributed by atoms with Gasteiger partial charge in [-0.1, -0.05) is 24.3 Å². The molecule has 0 unspecified atom stereocenters. The molecule has 0 N–H and O–H groups in total. The van der Waals surface area contributed by atoms with E-state index in [0.717, 1.165) is 34.7 Å². The molecule has 0 fully saturated rings. The van der Waals surface area contributed by atoms with Crippen LogP contribution in [0.4, 0.5) is 0 Å². The first-order valence-electron chi connectivity index (χ1n) is 7.38. The third-order valence-corrected chi connectivity index (χ3v) is 3.46. The van der Waals surface area contributed by atoms with Gasteiger partial charge < -0.3 is 4.90 Å². The summed E-state index contributed by atoms with van der Waals surface area (Å²) in [5.74, 6) is 0. The van der Waals surface area contributed by atoms with E-state index < -0.39 is 0 Å². The van der Waals surface area contributed by atoms with Crippen LogP contribution in [0.15, 0.2) is 48.7 Å². The van der Waals surface area contributed by atoms with Crippen LogP contribution in [0.25, 0.3) is 23.0 Å². The first kappa shape index (κ1) is 14.5. The van der Waals surface area contributed by atoms with Crippen LogP contribution in [0.2, 0.25) is 0 Å². The highest BCUT2D eigenvalue weighted by Gasteiger charge is 2.13. The lowest BCUT2D eigenvalue weighted by Gasteiger charge is -2.04. The van der Waals surface area contributed by atoms with Crippen LogP contribution in [0.1, 0.15) is 11.3 Å². The minimum Gasteiger partial charge on any atom is -0.306 e. The van der Waals surface area contributed by atoms with Crippen molar-refractivity contribution < 1.29 is 0 Å². The van der Waals surface area contributed by atoms with Gasteiger partial charge in [0.2, 0.25) is 0 Å². The SMILES string of the molecule is Cc1cccc(-c2nn3ccccc3c2/C=C/CN(C)C)n1. The molecule has 112 valence electrons. The summed E-state index contributed by atoms with van der Waals surface area (Å²) in [5.41, 5.74) is 5.03. The highest BCUT2D eigenvalue weighted by atomic mass is 15.2. The predicted molar refractivity (Wildman–Crippen MR) is 90.7 cm³/mol. The van der Waals surface area contributed by atoms with Gasteiger partial charge in [0.1, 0.15) is 5.69 Å². The van der Waals surface area contributed by atoms with Gasteiger partial charge in [-0.2, -0.15) is 5.10 Å². The molecule has 0 aliphatic rings. The second kappa shape index (κ2) is 6.12. The highest BCUT2D eigenvalue weighted by molar-refractivity contribution is 5.81. The monoisotopic (exact) mass is 292 g/mol. The molecular weight excluding hydrogens is 272 g/mol. The summed E-state index contributed by atoms with van der Waals surface area (Å²) in [6, 6.07) is 12.1. The van der Waals surface area contributed by atoms with E-state index in [-0.39, 0.29) is 0 Å². The molecule has 3 aromatic rings. The van der Waals surface area contributed by atoms with Crippen LogP contribution >= 0.6 is 0 Å². The lowest BCUT2D eigenvalue weighted by atomic mass is 10.1. The average Bonchev–Trinajstić information content (AvgIpc) is 2.86. The van der Waals surface area contributed by atoms with E-state index in [9.17, 15) is 0 Å². The molecule has 4 heteroatoms. The molecule has 4 nitrogen and oxygen atoms in total. The molecule has 3 aromatic heterocycles. The van der Waals surface area contributed by atoms with Crippen LogP contribution in [0.3, 0.4) is 0 Å². The summed E-state index contributed by atoms with van der Waals surface area (Å²) >= 11 is 0. The quantitative estimate of drug-likeness (QED) is 0.740. The molecule has 0 spiro atoms. The summed E-state index contributed by atoms with van der Waals surface area (Å²) in [5, 5.41) is 4.71. The summed E-state index contributed by atoms with van der Waals surface area (Å²) in [4.78, 5) is 6.75. The Hall–Kier alpha value is -2.46. The van der Waals surface area contributed by atoms with Gasteiger partial charge in [-0.05, 0) is 45.3 Å². The van der Waals surface area contributed by atoms with E-state index >= 15 is 0 Å². The van der Waals surface area contributed by atoms with Gasteiger partial charge in [-0.25, -0.2) is 4.52 Å². The highest BCUT2D eigenvalue weighted by Crippen LogP contribution is 2.26. The zero-order valence-corrected chi connectivity index (χ0v) is 13.2. The number of pyridine rings is 2. The Balaban J connectivity index is 2.14. The number of aryl methyl sites for hydroxylation is 1. The van der Waals surface area contributed by atoms with Crippen molar-refractivity contribution in [3.8, 4) is 11.4 Å². The fourth-order valence-corrected chi connectivity index (χ4v) is 2.43. The lowest BCUT2D eigenvalue weighted by Crippen LogP contribution is -2.10. The number of hydrogen-bond donors (Lipinski definition) is 0. The molecule has 3 heterocycles. The van der Waals surface area contributed by atoms with Crippen molar-refractivity contribution in [1.29, 1.82) is 0 Å². The topological polar surface area (TPSA) is 33.4 Å². The zero-order chi connectivity index (χ0) is 15.5. The second-order valence-electron chi connectivity index (χ2n) is 5.62. The second-order valence-corrected chi connectivity index (χ2v) is 5.62. The van der Waals surface area contributed by atoms with Crippen LogP contribution in [0, 0.1) is 6.92 Å². The van der Waals surface area contributed by atoms with Crippen molar-refractivity contribution in [3.63, 3.8) is 0 Å². The van der Waals surface area contributed by atoms with Crippen molar-refractivity contribution in [2.75, 3.05) is 20.6 Å². The maximum absolute atomic E-state index is 4.71. The van der Waals surface area contributed by atoms with Gasteiger partial charge in [0.05, 0.1) is 11.2 Å². The van der Waals surface area contributed by atoms with Gasteiger partial charge in [0.15, 0.2) is 0 Å². The molecule has 0 radical (unpaired) electrons. The van der Waals surface area contributed by atoms with Crippen molar-refractivity contribution in [2.45, 2.75) is 6.92 Å². The Kier molecular flexibility index (Phi) is 4.02. The molecule has 0 aliphatic heterocycles. The lowest BCUT2D eigenvalue weighted by molar-refractivity contribution is 0.457. The number of aromatic nitrogens is 3. The maximum atomic E-state index is 4.71. The molecule has 0 aliphatic carbocycles. The van der Waals surface area contributed by atoms with Crippen LogP contribution in [-0.4, -0.2) is 40.1 Å². The van der Waals surface area contributed by atoms with E-state index in [1.165, 1.54) is 0 Å². The fraction of sp³-hybridized carbons (Fsp3) is 0.222. The van der Waals surface area contributed by atoms with Crippen LogP contribution < -0.4 is 0 Å². The number of rotatable bonds is 4. The smallest absolute Gasteiger partial charge is 0.119 e. The van der Waals surface area contributed by atoms with E-state index in [0.29, 0.717) is 0 Å². The Morgan fingerprint density at radius 1 is 1.14 bits per heavy atom.